The first-order valence-corrected chi connectivity index (χ1v) is 9.31. The summed E-state index contributed by atoms with van der Waals surface area (Å²) < 4.78 is 0. The number of aliphatic hydroxyl groups is 2. The predicted octanol–water partition coefficient (Wildman–Crippen LogP) is 3.18. The van der Waals surface area contributed by atoms with Gasteiger partial charge in [-0.05, 0) is 84.9 Å². The van der Waals surface area contributed by atoms with Gasteiger partial charge in [0.1, 0.15) is 0 Å². The molecule has 2 N–H and O–H groups in total. The van der Waals surface area contributed by atoms with Gasteiger partial charge in [-0.3, -0.25) is 0 Å². The molecule has 10 unspecified atom stereocenters. The van der Waals surface area contributed by atoms with Crippen molar-refractivity contribution in [1.29, 1.82) is 0 Å². The van der Waals surface area contributed by atoms with Gasteiger partial charge >= 0.3 is 0 Å². The Morgan fingerprint density at radius 3 is 1.67 bits per heavy atom. The van der Waals surface area contributed by atoms with Crippen LogP contribution in [-0.4, -0.2) is 24.4 Å². The Morgan fingerprint density at radius 1 is 0.524 bits per heavy atom. The summed E-state index contributed by atoms with van der Waals surface area (Å²) in [6.45, 7) is 0. The molecule has 0 saturated heterocycles. The molecule has 21 heavy (non-hydrogen) atoms. The maximum absolute atomic E-state index is 7.00. The van der Waals surface area contributed by atoms with Crippen molar-refractivity contribution in [1.82, 2.24) is 0 Å². The zero-order valence-electron chi connectivity index (χ0n) is 13.6. The Morgan fingerprint density at radius 2 is 1.00 bits per heavy atom. The van der Waals surface area contributed by atoms with Gasteiger partial charge in [0.25, 0.3) is 0 Å². The van der Waals surface area contributed by atoms with Gasteiger partial charge in [0, 0.05) is 14.2 Å². The van der Waals surface area contributed by atoms with Gasteiger partial charge in [0.05, 0.1) is 0 Å². The minimum Gasteiger partial charge on any atom is -0.400 e. The molecule has 6 aliphatic carbocycles. The van der Waals surface area contributed by atoms with Crippen LogP contribution in [0.5, 0.6) is 0 Å². The molecule has 0 amide bonds. The normalized spacial score (nSPS) is 60.0. The largest absolute Gasteiger partial charge is 0.400 e. The van der Waals surface area contributed by atoms with Crippen LogP contribution in [0.4, 0.5) is 0 Å². The van der Waals surface area contributed by atoms with E-state index in [1.54, 1.807) is 44.9 Å². The van der Waals surface area contributed by atoms with Crippen molar-refractivity contribution in [3.05, 3.63) is 0 Å². The van der Waals surface area contributed by atoms with E-state index in [4.69, 9.17) is 10.2 Å². The molecule has 6 fully saturated rings. The van der Waals surface area contributed by atoms with Crippen molar-refractivity contribution in [3.63, 3.8) is 0 Å². The molecular weight excluding hydrogens is 260 g/mol. The fourth-order valence-corrected chi connectivity index (χ4v) is 7.70. The van der Waals surface area contributed by atoms with Crippen LogP contribution in [-0.2, 0) is 0 Å². The van der Waals surface area contributed by atoms with E-state index < -0.39 is 0 Å². The summed E-state index contributed by atoms with van der Waals surface area (Å²) in [7, 11) is 2.00. The van der Waals surface area contributed by atoms with Gasteiger partial charge in [0.15, 0.2) is 0 Å². The standard InChI is InChI=1S/C17H24.2CH4O/c1-2-8-4-13-11-6-10(11)12-7-14(12)17(13)15-5-9(3-1)16(8)15;2*1-2/h8-17H,1-7H2;2*2H,1H3. The third kappa shape index (κ3) is 1.91. The molecule has 2 nitrogen and oxygen atoms in total. The zero-order valence-corrected chi connectivity index (χ0v) is 13.6. The Hall–Kier alpha value is -0.0800. The van der Waals surface area contributed by atoms with Crippen LogP contribution in [0.25, 0.3) is 0 Å². The van der Waals surface area contributed by atoms with Gasteiger partial charge in [0.2, 0.25) is 0 Å². The van der Waals surface area contributed by atoms with E-state index in [0.29, 0.717) is 0 Å². The fraction of sp³-hybridized carbons (Fsp3) is 1.00. The molecule has 10 atom stereocenters. The summed E-state index contributed by atoms with van der Waals surface area (Å²) in [4.78, 5) is 0. The average molecular weight is 292 g/mol. The lowest BCUT2D eigenvalue weighted by molar-refractivity contribution is -0.129. The summed E-state index contributed by atoms with van der Waals surface area (Å²) in [6.07, 6.45) is 11.5. The van der Waals surface area contributed by atoms with E-state index in [-0.39, 0.29) is 0 Å². The smallest absolute Gasteiger partial charge is 0.0319 e. The van der Waals surface area contributed by atoms with Crippen LogP contribution < -0.4 is 0 Å². The van der Waals surface area contributed by atoms with Crippen molar-refractivity contribution in [2.75, 3.05) is 14.2 Å². The van der Waals surface area contributed by atoms with Crippen molar-refractivity contribution in [3.8, 4) is 0 Å². The maximum Gasteiger partial charge on any atom is 0.0319 e. The number of aliphatic hydroxyl groups excluding tert-OH is 2. The monoisotopic (exact) mass is 292 g/mol. The third-order valence-corrected chi connectivity index (χ3v) is 8.25. The van der Waals surface area contributed by atoms with Crippen molar-refractivity contribution < 1.29 is 10.2 Å². The SMILES string of the molecule is C1CC2CC3C4CC4C4CC4C3C3CC(C1)C23.CO.CO. The molecule has 0 aliphatic heterocycles. The molecule has 0 radical (unpaired) electrons. The van der Waals surface area contributed by atoms with Crippen LogP contribution in [0, 0.1) is 59.2 Å². The molecule has 0 aromatic heterocycles. The highest BCUT2D eigenvalue weighted by Crippen LogP contribution is 2.76. The van der Waals surface area contributed by atoms with E-state index in [2.05, 4.69) is 0 Å². The second-order valence-electron chi connectivity index (χ2n) is 8.53. The molecular formula is C19H32O2. The van der Waals surface area contributed by atoms with Crippen LogP contribution >= 0.6 is 0 Å². The number of fused-ring (bicyclic) bond motifs is 7. The highest BCUT2D eigenvalue weighted by Gasteiger charge is 2.70. The minimum atomic E-state index is 1.00. The van der Waals surface area contributed by atoms with Gasteiger partial charge in [-0.1, -0.05) is 19.3 Å². The minimum absolute atomic E-state index is 1.00. The van der Waals surface area contributed by atoms with Crippen molar-refractivity contribution in [2.45, 2.75) is 44.9 Å². The fourth-order valence-electron chi connectivity index (χ4n) is 7.70. The first kappa shape index (κ1) is 14.5. The summed E-state index contributed by atoms with van der Waals surface area (Å²) >= 11 is 0. The van der Waals surface area contributed by atoms with Crippen LogP contribution in [0.2, 0.25) is 0 Å². The molecule has 6 aliphatic rings. The molecule has 0 heterocycles. The van der Waals surface area contributed by atoms with E-state index in [1.165, 1.54) is 59.2 Å². The number of hydrogen-bond acceptors (Lipinski definition) is 2. The topological polar surface area (TPSA) is 40.5 Å². The average Bonchev–Trinajstić information content (AvgIpc) is 3.39. The number of rotatable bonds is 0. The first-order chi connectivity index (χ1) is 10.4. The lowest BCUT2D eigenvalue weighted by Gasteiger charge is -2.61. The van der Waals surface area contributed by atoms with Crippen LogP contribution in [0.15, 0.2) is 0 Å². The Bertz CT molecular complexity index is 395. The lowest BCUT2D eigenvalue weighted by atomic mass is 9.43. The van der Waals surface area contributed by atoms with E-state index >= 15 is 0 Å². The number of hydrogen-bond donors (Lipinski definition) is 2. The molecule has 0 aromatic rings. The van der Waals surface area contributed by atoms with Gasteiger partial charge in [-0.25, -0.2) is 0 Å². The second-order valence-corrected chi connectivity index (χ2v) is 8.53. The van der Waals surface area contributed by atoms with Gasteiger partial charge < -0.3 is 10.2 Å². The van der Waals surface area contributed by atoms with Gasteiger partial charge in [-0.2, -0.15) is 0 Å². The summed E-state index contributed by atoms with van der Waals surface area (Å²) in [5, 5.41) is 14.0. The first-order valence-electron chi connectivity index (χ1n) is 9.31. The van der Waals surface area contributed by atoms with Crippen molar-refractivity contribution >= 4 is 0 Å². The van der Waals surface area contributed by atoms with E-state index in [9.17, 15) is 0 Å². The predicted molar refractivity (Wildman–Crippen MR) is 83.5 cm³/mol. The molecule has 0 spiro atoms. The summed E-state index contributed by atoms with van der Waals surface area (Å²) in [5.41, 5.74) is 0. The van der Waals surface area contributed by atoms with Crippen LogP contribution in [0.3, 0.4) is 0 Å². The van der Waals surface area contributed by atoms with E-state index in [1.807, 2.05) is 0 Å². The highest BCUT2D eigenvalue weighted by molar-refractivity contribution is 5.18. The molecule has 6 saturated carbocycles. The van der Waals surface area contributed by atoms with Gasteiger partial charge in [-0.15, -0.1) is 0 Å². The Labute approximate surface area is 129 Å². The second kappa shape index (κ2) is 5.23. The Kier molecular flexibility index (Phi) is 3.61. The Balaban J connectivity index is 0.000000269. The highest BCUT2D eigenvalue weighted by atomic mass is 16.2. The molecule has 2 heteroatoms. The lowest BCUT2D eigenvalue weighted by Crippen LogP contribution is -2.55. The van der Waals surface area contributed by atoms with Crippen molar-refractivity contribution in [2.24, 2.45) is 59.2 Å². The maximum atomic E-state index is 7.00. The third-order valence-electron chi connectivity index (χ3n) is 8.25. The van der Waals surface area contributed by atoms with E-state index in [0.717, 1.165) is 14.2 Å². The molecule has 6 rings (SSSR count). The molecule has 0 aromatic carbocycles. The summed E-state index contributed by atoms with van der Waals surface area (Å²) in [5.74, 6) is 12.3. The quantitative estimate of drug-likeness (QED) is 0.720. The zero-order chi connectivity index (χ0) is 14.7. The summed E-state index contributed by atoms with van der Waals surface area (Å²) in [6, 6.07) is 0. The molecule has 0 bridgehead atoms. The van der Waals surface area contributed by atoms with Crippen LogP contribution in [0.1, 0.15) is 44.9 Å². The molecule has 120 valence electrons.